The monoisotopic (exact) mass is 326 g/mol. The molecule has 6 heteroatoms. The quantitative estimate of drug-likeness (QED) is 0.728. The van der Waals surface area contributed by atoms with Crippen molar-refractivity contribution < 1.29 is 8.42 Å². The largest absolute Gasteiger partial charge is 0.279 e. The molecule has 1 aliphatic rings. The normalized spacial score (nSPS) is 20.4. The number of rotatable bonds is 7. The summed E-state index contributed by atoms with van der Waals surface area (Å²) >= 11 is 3.40. The molecule has 1 fully saturated rings. The SMILES string of the molecule is CCC(CCBr)CNS(=O)(=O)N1CCCCC1. The molecule has 17 heavy (non-hydrogen) atoms. The molecule has 0 aliphatic carbocycles. The summed E-state index contributed by atoms with van der Waals surface area (Å²) in [5.41, 5.74) is 0. The summed E-state index contributed by atoms with van der Waals surface area (Å²) in [4.78, 5) is 0. The van der Waals surface area contributed by atoms with Crippen molar-refractivity contribution in [2.45, 2.75) is 39.0 Å². The van der Waals surface area contributed by atoms with Gasteiger partial charge in [0.25, 0.3) is 10.2 Å². The summed E-state index contributed by atoms with van der Waals surface area (Å²) in [6.45, 7) is 4.00. The van der Waals surface area contributed by atoms with Crippen molar-refractivity contribution in [2.24, 2.45) is 5.92 Å². The van der Waals surface area contributed by atoms with E-state index < -0.39 is 10.2 Å². The van der Waals surface area contributed by atoms with E-state index in [1.54, 1.807) is 4.31 Å². The molecular formula is C11H23BrN2O2S. The van der Waals surface area contributed by atoms with E-state index in [0.717, 1.165) is 37.4 Å². The maximum Gasteiger partial charge on any atom is 0.279 e. The van der Waals surface area contributed by atoms with Crippen LogP contribution in [0.5, 0.6) is 0 Å². The molecule has 1 N–H and O–H groups in total. The van der Waals surface area contributed by atoms with Crippen molar-refractivity contribution in [3.05, 3.63) is 0 Å². The van der Waals surface area contributed by atoms with Gasteiger partial charge in [0.15, 0.2) is 0 Å². The number of hydrogen-bond donors (Lipinski definition) is 1. The van der Waals surface area contributed by atoms with Gasteiger partial charge in [0.05, 0.1) is 0 Å². The molecule has 0 bridgehead atoms. The molecule has 0 aromatic carbocycles. The summed E-state index contributed by atoms with van der Waals surface area (Å²) in [6, 6.07) is 0. The molecule has 0 radical (unpaired) electrons. The van der Waals surface area contributed by atoms with Crippen LogP contribution in [-0.2, 0) is 10.2 Å². The lowest BCUT2D eigenvalue weighted by Crippen LogP contribution is -2.44. The number of halogens is 1. The van der Waals surface area contributed by atoms with Crippen molar-refractivity contribution in [3.63, 3.8) is 0 Å². The molecule has 1 aliphatic heterocycles. The van der Waals surface area contributed by atoms with E-state index in [9.17, 15) is 8.42 Å². The molecule has 0 amide bonds. The van der Waals surface area contributed by atoms with Crippen molar-refractivity contribution in [3.8, 4) is 0 Å². The van der Waals surface area contributed by atoms with Gasteiger partial charge in [0, 0.05) is 25.0 Å². The summed E-state index contributed by atoms with van der Waals surface area (Å²) in [5, 5.41) is 0.928. The molecule has 0 aromatic heterocycles. The fourth-order valence-corrected chi connectivity index (χ4v) is 4.04. The summed E-state index contributed by atoms with van der Waals surface area (Å²) in [5.74, 6) is 0.425. The van der Waals surface area contributed by atoms with Crippen LogP contribution in [-0.4, -0.2) is 37.7 Å². The minimum atomic E-state index is -3.24. The molecule has 1 unspecified atom stereocenters. The van der Waals surface area contributed by atoms with Crippen LogP contribution in [0.25, 0.3) is 0 Å². The second-order valence-corrected chi connectivity index (χ2v) is 7.11. The third-order valence-corrected chi connectivity index (χ3v) is 5.34. The van der Waals surface area contributed by atoms with Gasteiger partial charge < -0.3 is 0 Å². The van der Waals surface area contributed by atoms with Crippen LogP contribution in [0.1, 0.15) is 39.0 Å². The predicted molar refractivity (Wildman–Crippen MR) is 74.5 cm³/mol. The van der Waals surface area contributed by atoms with Crippen LogP contribution in [0, 0.1) is 5.92 Å². The first-order valence-electron chi connectivity index (χ1n) is 6.41. The zero-order chi connectivity index (χ0) is 12.7. The number of nitrogens with one attached hydrogen (secondary N) is 1. The Kier molecular flexibility index (Phi) is 6.99. The highest BCUT2D eigenvalue weighted by Gasteiger charge is 2.23. The molecule has 0 saturated carbocycles. The Hall–Kier alpha value is 0.350. The fourth-order valence-electron chi connectivity index (χ4n) is 2.02. The fraction of sp³-hybridized carbons (Fsp3) is 1.00. The van der Waals surface area contributed by atoms with E-state index >= 15 is 0 Å². The lowest BCUT2D eigenvalue weighted by molar-refractivity contribution is 0.338. The molecule has 1 atom stereocenters. The lowest BCUT2D eigenvalue weighted by atomic mass is 10.0. The van der Waals surface area contributed by atoms with Gasteiger partial charge in [0.1, 0.15) is 0 Å². The molecule has 4 nitrogen and oxygen atoms in total. The zero-order valence-corrected chi connectivity index (χ0v) is 12.9. The van der Waals surface area contributed by atoms with Gasteiger partial charge >= 0.3 is 0 Å². The van der Waals surface area contributed by atoms with Crippen LogP contribution in [0.4, 0.5) is 0 Å². The molecular weight excluding hydrogens is 304 g/mol. The van der Waals surface area contributed by atoms with Crippen LogP contribution >= 0.6 is 15.9 Å². The third-order valence-electron chi connectivity index (χ3n) is 3.30. The van der Waals surface area contributed by atoms with Gasteiger partial charge in [-0.25, -0.2) is 4.72 Å². The van der Waals surface area contributed by atoms with Crippen LogP contribution < -0.4 is 4.72 Å². The average molecular weight is 327 g/mol. The van der Waals surface area contributed by atoms with Gasteiger partial charge in [-0.1, -0.05) is 35.7 Å². The Bertz CT molecular complexity index is 303. The molecule has 0 spiro atoms. The van der Waals surface area contributed by atoms with Gasteiger partial charge in [-0.2, -0.15) is 12.7 Å². The van der Waals surface area contributed by atoms with Crippen LogP contribution in [0.2, 0.25) is 0 Å². The topological polar surface area (TPSA) is 49.4 Å². The molecule has 102 valence electrons. The number of alkyl halides is 1. The Morgan fingerprint density at radius 2 is 1.94 bits per heavy atom. The molecule has 1 saturated heterocycles. The van der Waals surface area contributed by atoms with Gasteiger partial charge in [-0.3, -0.25) is 0 Å². The van der Waals surface area contributed by atoms with Crippen molar-refractivity contribution in [1.82, 2.24) is 9.03 Å². The first-order valence-corrected chi connectivity index (χ1v) is 8.97. The standard InChI is InChI=1S/C11H23BrN2O2S/c1-2-11(6-7-12)10-13-17(15,16)14-8-4-3-5-9-14/h11,13H,2-10H2,1H3. The zero-order valence-electron chi connectivity index (χ0n) is 10.5. The van der Waals surface area contributed by atoms with E-state index in [4.69, 9.17) is 0 Å². The van der Waals surface area contributed by atoms with Crippen molar-refractivity contribution >= 4 is 26.1 Å². The highest BCUT2D eigenvalue weighted by Crippen LogP contribution is 2.13. The van der Waals surface area contributed by atoms with Crippen molar-refractivity contribution in [1.29, 1.82) is 0 Å². The second kappa shape index (κ2) is 7.71. The van der Waals surface area contributed by atoms with Gasteiger partial charge in [0.2, 0.25) is 0 Å². The summed E-state index contributed by atoms with van der Waals surface area (Å²) < 4.78 is 28.3. The highest BCUT2D eigenvalue weighted by molar-refractivity contribution is 9.09. The number of piperidine rings is 1. The highest BCUT2D eigenvalue weighted by atomic mass is 79.9. The van der Waals surface area contributed by atoms with Crippen LogP contribution in [0.3, 0.4) is 0 Å². The predicted octanol–water partition coefficient (Wildman–Crippen LogP) is 2.12. The van der Waals surface area contributed by atoms with Gasteiger partial charge in [-0.15, -0.1) is 0 Å². The maximum atomic E-state index is 12.0. The minimum Gasteiger partial charge on any atom is -0.202 e. The number of nitrogens with zero attached hydrogens (tertiary/aromatic N) is 1. The Morgan fingerprint density at radius 1 is 1.29 bits per heavy atom. The molecule has 0 aromatic rings. The molecule has 1 rings (SSSR count). The van der Waals surface area contributed by atoms with Crippen molar-refractivity contribution in [2.75, 3.05) is 25.0 Å². The Balaban J connectivity index is 2.42. The summed E-state index contributed by atoms with van der Waals surface area (Å²) in [7, 11) is -3.24. The van der Waals surface area contributed by atoms with Gasteiger partial charge in [-0.05, 0) is 25.2 Å². The first-order chi connectivity index (χ1) is 8.10. The van der Waals surface area contributed by atoms with E-state index in [2.05, 4.69) is 27.6 Å². The van der Waals surface area contributed by atoms with E-state index in [1.807, 2.05) is 0 Å². The Labute approximate surface area is 113 Å². The van der Waals surface area contributed by atoms with E-state index in [-0.39, 0.29) is 0 Å². The smallest absolute Gasteiger partial charge is 0.202 e. The average Bonchev–Trinajstić information content (AvgIpc) is 2.35. The second-order valence-electron chi connectivity index (χ2n) is 4.57. The van der Waals surface area contributed by atoms with E-state index in [0.29, 0.717) is 25.6 Å². The first kappa shape index (κ1) is 15.4. The van der Waals surface area contributed by atoms with Crippen LogP contribution in [0.15, 0.2) is 0 Å². The van der Waals surface area contributed by atoms with E-state index in [1.165, 1.54) is 0 Å². The maximum absolute atomic E-state index is 12.0. The molecule has 1 heterocycles. The summed E-state index contributed by atoms with van der Waals surface area (Å²) in [6.07, 6.45) is 5.14. The number of hydrogen-bond acceptors (Lipinski definition) is 2. The minimum absolute atomic E-state index is 0.425. The third kappa shape index (κ3) is 5.24. The Morgan fingerprint density at radius 3 is 2.47 bits per heavy atom. The lowest BCUT2D eigenvalue weighted by Gasteiger charge is -2.26.